The third-order valence-corrected chi connectivity index (χ3v) is 1.68. The Kier molecular flexibility index (Phi) is 9.54. The van der Waals surface area contributed by atoms with Gasteiger partial charge in [0.2, 0.25) is 0 Å². The molecule has 0 fully saturated rings. The van der Waals surface area contributed by atoms with Crippen LogP contribution < -0.4 is 0 Å². The molecule has 0 aliphatic carbocycles. The van der Waals surface area contributed by atoms with E-state index < -0.39 is 36.4 Å². The lowest BCUT2D eigenvalue weighted by molar-refractivity contribution is -0.151. The molecule has 8 nitrogen and oxygen atoms in total. The summed E-state index contributed by atoms with van der Waals surface area (Å²) >= 11 is 0. The van der Waals surface area contributed by atoms with Gasteiger partial charge in [-0.2, -0.15) is 0 Å². The van der Waals surface area contributed by atoms with Gasteiger partial charge < -0.3 is 20.4 Å². The summed E-state index contributed by atoms with van der Waals surface area (Å²) in [6, 6.07) is 0. The fourth-order valence-electron chi connectivity index (χ4n) is 0.928. The van der Waals surface area contributed by atoms with E-state index in [4.69, 9.17) is 20.4 Å². The minimum absolute atomic E-state index is 0.312. The summed E-state index contributed by atoms with van der Waals surface area (Å²) in [4.78, 5) is 40.2. The van der Waals surface area contributed by atoms with Crippen LogP contribution in [0.5, 0.6) is 0 Å². The molecule has 0 saturated heterocycles. The van der Waals surface area contributed by atoms with Gasteiger partial charge in [-0.3, -0.25) is 19.2 Å². The van der Waals surface area contributed by atoms with E-state index in [-0.39, 0.29) is 12.2 Å². The van der Waals surface area contributed by atoms with E-state index in [1.54, 1.807) is 0 Å². The van der Waals surface area contributed by atoms with Gasteiger partial charge in [0, 0.05) is 0 Å². The Morgan fingerprint density at radius 2 is 1.50 bits per heavy atom. The Bertz CT molecular complexity index is 296. The molecule has 0 aliphatic heterocycles. The van der Waals surface area contributed by atoms with E-state index >= 15 is 0 Å². The number of hydrogen-bond donors (Lipinski definition) is 4. The molecule has 0 saturated carbocycles. The number of aliphatic hydroxyl groups excluding tert-OH is 2. The fourth-order valence-corrected chi connectivity index (χ4v) is 0.928. The van der Waals surface area contributed by atoms with Gasteiger partial charge in [0.05, 0.1) is 12.7 Å². The highest BCUT2D eigenvalue weighted by atomic mass is 16.4. The number of rotatable bonds is 6. The molecule has 0 rings (SSSR count). The molecule has 0 bridgehead atoms. The second kappa shape index (κ2) is 9.25. The molecule has 0 aromatic carbocycles. The largest absolute Gasteiger partial charge is 0.481 e. The molecular formula is C10H16O8. The topological polar surface area (TPSA) is 149 Å². The van der Waals surface area contributed by atoms with Crippen LogP contribution in [0.15, 0.2) is 0 Å². The van der Waals surface area contributed by atoms with Crippen molar-refractivity contribution in [3.8, 4) is 0 Å². The standard InChI is InChI=1S/C6H10O5.C4H6O3/c1-3(8)5(6(10)11)4(9)2-7;1-3(5)2-4(6)7/h4-5,7,9H,2H2,1H3,(H,10,11);2H2,1H3,(H,6,7). The molecule has 18 heavy (non-hydrogen) atoms. The first kappa shape index (κ1) is 18.6. The molecule has 0 aromatic heterocycles. The smallest absolute Gasteiger partial charge is 0.316 e. The number of carbonyl (C=O) groups excluding carboxylic acids is 2. The third kappa shape index (κ3) is 9.43. The first-order valence-corrected chi connectivity index (χ1v) is 4.86. The van der Waals surface area contributed by atoms with Gasteiger partial charge in [-0.25, -0.2) is 0 Å². The summed E-state index contributed by atoms with van der Waals surface area (Å²) in [7, 11) is 0. The number of carboxylic acid groups (broad SMARTS) is 2. The molecule has 8 heteroatoms. The maximum absolute atomic E-state index is 10.5. The molecule has 2 atom stereocenters. The monoisotopic (exact) mass is 264 g/mol. The lowest BCUT2D eigenvalue weighted by Crippen LogP contribution is -2.36. The summed E-state index contributed by atoms with van der Waals surface area (Å²) in [5, 5.41) is 33.4. The van der Waals surface area contributed by atoms with E-state index in [0.29, 0.717) is 0 Å². The van der Waals surface area contributed by atoms with Gasteiger partial charge in [0.25, 0.3) is 0 Å². The highest BCUT2D eigenvalue weighted by molar-refractivity contribution is 5.97. The summed E-state index contributed by atoms with van der Waals surface area (Å²) < 4.78 is 0. The van der Waals surface area contributed by atoms with Crippen molar-refractivity contribution in [1.82, 2.24) is 0 Å². The average molecular weight is 264 g/mol. The molecule has 4 N–H and O–H groups in total. The SMILES string of the molecule is CC(=O)C(C(=O)O)C(O)CO.CC(=O)CC(=O)O. The highest BCUT2D eigenvalue weighted by Crippen LogP contribution is 2.04. The number of aliphatic hydroxyl groups is 2. The predicted molar refractivity (Wildman–Crippen MR) is 57.8 cm³/mol. The summed E-state index contributed by atoms with van der Waals surface area (Å²) in [6.45, 7) is 1.57. The lowest BCUT2D eigenvalue weighted by atomic mass is 9.99. The van der Waals surface area contributed by atoms with Crippen molar-refractivity contribution in [3.05, 3.63) is 0 Å². The Labute approximate surface area is 103 Å². The van der Waals surface area contributed by atoms with Gasteiger partial charge in [-0.05, 0) is 13.8 Å². The normalized spacial score (nSPS) is 12.7. The van der Waals surface area contributed by atoms with E-state index in [9.17, 15) is 19.2 Å². The summed E-state index contributed by atoms with van der Waals surface area (Å²) in [5.41, 5.74) is 0. The number of carbonyl (C=O) groups is 4. The Balaban J connectivity index is 0. The molecule has 0 heterocycles. The highest BCUT2D eigenvalue weighted by Gasteiger charge is 2.30. The quantitative estimate of drug-likeness (QED) is 0.431. The van der Waals surface area contributed by atoms with Crippen molar-refractivity contribution in [2.24, 2.45) is 5.92 Å². The number of carboxylic acids is 2. The van der Waals surface area contributed by atoms with Crippen LogP contribution in [0.4, 0.5) is 0 Å². The van der Waals surface area contributed by atoms with Crippen LogP contribution in [-0.4, -0.2) is 56.6 Å². The van der Waals surface area contributed by atoms with Crippen LogP contribution in [0, 0.1) is 5.92 Å². The van der Waals surface area contributed by atoms with Crippen molar-refractivity contribution in [2.45, 2.75) is 26.4 Å². The number of hydrogen-bond acceptors (Lipinski definition) is 6. The maximum Gasteiger partial charge on any atom is 0.316 e. The van der Waals surface area contributed by atoms with Crippen molar-refractivity contribution in [3.63, 3.8) is 0 Å². The van der Waals surface area contributed by atoms with E-state index in [1.165, 1.54) is 6.92 Å². The van der Waals surface area contributed by atoms with E-state index in [2.05, 4.69) is 0 Å². The maximum atomic E-state index is 10.5. The van der Waals surface area contributed by atoms with E-state index in [0.717, 1.165) is 6.92 Å². The molecule has 2 unspecified atom stereocenters. The van der Waals surface area contributed by atoms with E-state index in [1.807, 2.05) is 0 Å². The Hall–Kier alpha value is -1.80. The van der Waals surface area contributed by atoms with Crippen molar-refractivity contribution < 1.29 is 39.6 Å². The molecule has 0 aromatic rings. The van der Waals surface area contributed by atoms with Gasteiger partial charge in [-0.15, -0.1) is 0 Å². The van der Waals surface area contributed by atoms with Crippen LogP contribution in [0.25, 0.3) is 0 Å². The second-order valence-corrected chi connectivity index (χ2v) is 3.45. The van der Waals surface area contributed by atoms with Crippen LogP contribution in [-0.2, 0) is 19.2 Å². The van der Waals surface area contributed by atoms with Crippen LogP contribution in [0.1, 0.15) is 20.3 Å². The minimum atomic E-state index is -1.51. The van der Waals surface area contributed by atoms with Crippen LogP contribution in [0.2, 0.25) is 0 Å². The van der Waals surface area contributed by atoms with Crippen molar-refractivity contribution in [2.75, 3.05) is 6.61 Å². The zero-order valence-corrected chi connectivity index (χ0v) is 9.99. The zero-order valence-electron chi connectivity index (χ0n) is 9.99. The molecule has 0 spiro atoms. The van der Waals surface area contributed by atoms with Gasteiger partial charge in [0.15, 0.2) is 0 Å². The Morgan fingerprint density at radius 3 is 1.56 bits per heavy atom. The van der Waals surface area contributed by atoms with Gasteiger partial charge >= 0.3 is 11.9 Å². The first-order chi connectivity index (χ1) is 8.13. The van der Waals surface area contributed by atoms with Crippen molar-refractivity contribution in [1.29, 1.82) is 0 Å². The number of ketones is 2. The molecule has 0 radical (unpaired) electrons. The van der Waals surface area contributed by atoms with Crippen molar-refractivity contribution >= 4 is 23.5 Å². The first-order valence-electron chi connectivity index (χ1n) is 4.86. The third-order valence-electron chi connectivity index (χ3n) is 1.68. The average Bonchev–Trinajstić information content (AvgIpc) is 2.14. The molecule has 104 valence electrons. The lowest BCUT2D eigenvalue weighted by Gasteiger charge is -2.12. The molecular weight excluding hydrogens is 248 g/mol. The van der Waals surface area contributed by atoms with Crippen LogP contribution >= 0.6 is 0 Å². The summed E-state index contributed by atoms with van der Waals surface area (Å²) in [6.07, 6.45) is -1.87. The molecule has 0 aliphatic rings. The zero-order chi connectivity index (χ0) is 14.9. The number of aliphatic carboxylic acids is 2. The second-order valence-electron chi connectivity index (χ2n) is 3.45. The van der Waals surface area contributed by atoms with Crippen LogP contribution in [0.3, 0.4) is 0 Å². The Morgan fingerprint density at radius 1 is 1.06 bits per heavy atom. The predicted octanol–water partition coefficient (Wildman–Crippen LogP) is -1.32. The minimum Gasteiger partial charge on any atom is -0.481 e. The fraction of sp³-hybridized carbons (Fsp3) is 0.600. The number of Topliss-reactive ketones (excluding diaryl/α,β-unsaturated/α-hetero) is 2. The molecule has 0 amide bonds. The van der Waals surface area contributed by atoms with Gasteiger partial charge in [-0.1, -0.05) is 0 Å². The van der Waals surface area contributed by atoms with Gasteiger partial charge in [0.1, 0.15) is 23.9 Å². The summed E-state index contributed by atoms with van der Waals surface area (Å²) in [5.74, 6) is -4.97.